The molecule has 0 amide bonds. The molecular formula is C15H15BF. The molecule has 1 radical (unpaired) electrons. The maximum atomic E-state index is 13.5. The summed E-state index contributed by atoms with van der Waals surface area (Å²) in [6.07, 6.45) is 0.871. The number of halogens is 1. The first-order valence-electron chi connectivity index (χ1n) is 5.89. The summed E-state index contributed by atoms with van der Waals surface area (Å²) in [7, 11) is 2.15. The first-order chi connectivity index (χ1) is 8.27. The maximum Gasteiger partial charge on any atom is 0.125 e. The van der Waals surface area contributed by atoms with Gasteiger partial charge in [-0.15, -0.1) is 0 Å². The Hall–Kier alpha value is -1.57. The van der Waals surface area contributed by atoms with Gasteiger partial charge in [0.25, 0.3) is 0 Å². The van der Waals surface area contributed by atoms with E-state index in [1.165, 1.54) is 11.6 Å². The van der Waals surface area contributed by atoms with Crippen molar-refractivity contribution < 1.29 is 4.39 Å². The normalized spacial score (nSPS) is 12.1. The molecular weight excluding hydrogens is 210 g/mol. The zero-order valence-electron chi connectivity index (χ0n) is 9.94. The van der Waals surface area contributed by atoms with E-state index in [2.05, 4.69) is 19.4 Å². The monoisotopic (exact) mass is 225 g/mol. The molecule has 0 bridgehead atoms. The zero-order chi connectivity index (χ0) is 12.1. The Balaban J connectivity index is 1.99. The van der Waals surface area contributed by atoms with E-state index >= 15 is 0 Å². The maximum absolute atomic E-state index is 13.5. The van der Waals surface area contributed by atoms with Gasteiger partial charge in [-0.05, 0) is 17.4 Å². The molecule has 0 saturated carbocycles. The Morgan fingerprint density at radius 1 is 1.00 bits per heavy atom. The van der Waals surface area contributed by atoms with Crippen molar-refractivity contribution >= 4 is 7.28 Å². The van der Waals surface area contributed by atoms with E-state index in [9.17, 15) is 4.39 Å². The predicted molar refractivity (Wildman–Crippen MR) is 70.7 cm³/mol. The molecule has 0 aliphatic heterocycles. The predicted octanol–water partition coefficient (Wildman–Crippen LogP) is 3.79. The van der Waals surface area contributed by atoms with Crippen molar-refractivity contribution in [2.75, 3.05) is 0 Å². The Labute approximate surface area is 103 Å². The Kier molecular flexibility index (Phi) is 3.97. The van der Waals surface area contributed by atoms with Crippen LogP contribution >= 0.6 is 0 Å². The molecule has 0 aliphatic rings. The number of hydrogen-bond donors (Lipinski definition) is 0. The van der Waals surface area contributed by atoms with E-state index < -0.39 is 0 Å². The second-order valence-corrected chi connectivity index (χ2v) is 4.24. The molecule has 0 saturated heterocycles. The van der Waals surface area contributed by atoms with Crippen LogP contribution in [0.3, 0.4) is 0 Å². The molecule has 2 heteroatoms. The average molecular weight is 225 g/mol. The molecule has 0 spiro atoms. The van der Waals surface area contributed by atoms with Crippen LogP contribution in [-0.2, 0) is 6.32 Å². The van der Waals surface area contributed by atoms with E-state index in [4.69, 9.17) is 0 Å². The third-order valence-corrected chi connectivity index (χ3v) is 2.95. The van der Waals surface area contributed by atoms with Crippen LogP contribution < -0.4 is 0 Å². The summed E-state index contributed by atoms with van der Waals surface area (Å²) < 4.78 is 13.5. The Morgan fingerprint density at radius 3 is 2.35 bits per heavy atom. The van der Waals surface area contributed by atoms with E-state index in [-0.39, 0.29) is 11.6 Å². The minimum absolute atomic E-state index is 0.121. The van der Waals surface area contributed by atoms with Gasteiger partial charge in [0.1, 0.15) is 13.1 Å². The van der Waals surface area contributed by atoms with Crippen LogP contribution in [0.25, 0.3) is 0 Å². The Morgan fingerprint density at radius 2 is 1.65 bits per heavy atom. The fraction of sp³-hybridized carbons (Fsp3) is 0.200. The quantitative estimate of drug-likeness (QED) is 0.694. The van der Waals surface area contributed by atoms with Gasteiger partial charge in [-0.1, -0.05) is 67.3 Å². The summed E-state index contributed by atoms with van der Waals surface area (Å²) in [5.41, 5.74) is 2.03. The van der Waals surface area contributed by atoms with E-state index in [1.54, 1.807) is 6.07 Å². The standard InChI is InChI=1S/C15H15BF/c1-12(14-9-5-6-10-15(14)17)16-11-13-7-3-2-4-8-13/h2-10,12H,11H2,1H3. The molecule has 0 heterocycles. The van der Waals surface area contributed by atoms with E-state index in [0.717, 1.165) is 11.9 Å². The molecule has 0 N–H and O–H groups in total. The van der Waals surface area contributed by atoms with Gasteiger partial charge in [0.2, 0.25) is 0 Å². The Bertz CT molecular complexity index is 467. The van der Waals surface area contributed by atoms with Gasteiger partial charge >= 0.3 is 0 Å². The topological polar surface area (TPSA) is 0 Å². The molecule has 85 valence electrons. The first-order valence-corrected chi connectivity index (χ1v) is 5.89. The summed E-state index contributed by atoms with van der Waals surface area (Å²) in [6.45, 7) is 2.03. The summed E-state index contributed by atoms with van der Waals surface area (Å²) in [6, 6.07) is 17.2. The highest BCUT2D eigenvalue weighted by molar-refractivity contribution is 6.37. The lowest BCUT2D eigenvalue weighted by Crippen LogP contribution is -2.09. The zero-order valence-corrected chi connectivity index (χ0v) is 9.94. The largest absolute Gasteiger partial charge is 0.207 e. The van der Waals surface area contributed by atoms with Crippen LogP contribution in [-0.4, -0.2) is 7.28 Å². The van der Waals surface area contributed by atoms with Crippen molar-refractivity contribution in [1.29, 1.82) is 0 Å². The molecule has 0 nitrogen and oxygen atoms in total. The second kappa shape index (κ2) is 5.67. The molecule has 0 aromatic heterocycles. The molecule has 2 rings (SSSR count). The van der Waals surface area contributed by atoms with Crippen molar-refractivity contribution in [1.82, 2.24) is 0 Å². The molecule has 17 heavy (non-hydrogen) atoms. The van der Waals surface area contributed by atoms with Crippen molar-refractivity contribution in [3.05, 3.63) is 71.5 Å². The molecule has 1 atom stereocenters. The first kappa shape index (κ1) is 11.9. The van der Waals surface area contributed by atoms with E-state index in [0.29, 0.717) is 0 Å². The van der Waals surface area contributed by atoms with Crippen LogP contribution in [0, 0.1) is 5.82 Å². The van der Waals surface area contributed by atoms with Crippen LogP contribution in [0.2, 0.25) is 0 Å². The minimum atomic E-state index is -0.121. The lowest BCUT2D eigenvalue weighted by atomic mass is 9.59. The SMILES string of the molecule is CC([B]Cc1ccccc1)c1ccccc1F. The van der Waals surface area contributed by atoms with Crippen molar-refractivity contribution in [3.8, 4) is 0 Å². The number of hydrogen-bond acceptors (Lipinski definition) is 0. The number of benzene rings is 2. The minimum Gasteiger partial charge on any atom is -0.207 e. The lowest BCUT2D eigenvalue weighted by Gasteiger charge is -2.11. The van der Waals surface area contributed by atoms with Crippen molar-refractivity contribution in [2.45, 2.75) is 19.1 Å². The van der Waals surface area contributed by atoms with Gasteiger partial charge in [0.15, 0.2) is 0 Å². The summed E-state index contributed by atoms with van der Waals surface area (Å²) in [5.74, 6) is 0.0146. The summed E-state index contributed by atoms with van der Waals surface area (Å²) in [5, 5.41) is 0. The van der Waals surface area contributed by atoms with Gasteiger partial charge < -0.3 is 0 Å². The van der Waals surface area contributed by atoms with Gasteiger partial charge in [0, 0.05) is 0 Å². The third kappa shape index (κ3) is 3.19. The van der Waals surface area contributed by atoms with E-state index in [1.807, 2.05) is 37.3 Å². The molecule has 2 aromatic rings. The molecule has 2 aromatic carbocycles. The van der Waals surface area contributed by atoms with Crippen LogP contribution in [0.4, 0.5) is 4.39 Å². The fourth-order valence-corrected chi connectivity index (χ4v) is 1.90. The van der Waals surface area contributed by atoms with Crippen LogP contribution in [0.15, 0.2) is 54.6 Å². The molecule has 0 fully saturated rings. The number of rotatable bonds is 4. The highest BCUT2D eigenvalue weighted by atomic mass is 19.1. The average Bonchev–Trinajstić information content (AvgIpc) is 2.38. The lowest BCUT2D eigenvalue weighted by molar-refractivity contribution is 0.609. The van der Waals surface area contributed by atoms with Gasteiger partial charge in [-0.2, -0.15) is 0 Å². The fourth-order valence-electron chi connectivity index (χ4n) is 1.90. The summed E-state index contributed by atoms with van der Waals surface area (Å²) >= 11 is 0. The highest BCUT2D eigenvalue weighted by Gasteiger charge is 2.11. The molecule has 1 unspecified atom stereocenters. The second-order valence-electron chi connectivity index (χ2n) is 4.24. The summed E-state index contributed by atoms with van der Waals surface area (Å²) in [4.78, 5) is 0. The highest BCUT2D eigenvalue weighted by Crippen LogP contribution is 2.18. The van der Waals surface area contributed by atoms with Crippen LogP contribution in [0.5, 0.6) is 0 Å². The van der Waals surface area contributed by atoms with Crippen LogP contribution in [0.1, 0.15) is 23.9 Å². The van der Waals surface area contributed by atoms with Gasteiger partial charge in [-0.3, -0.25) is 0 Å². The van der Waals surface area contributed by atoms with Gasteiger partial charge in [-0.25, -0.2) is 4.39 Å². The third-order valence-electron chi connectivity index (χ3n) is 2.95. The van der Waals surface area contributed by atoms with Gasteiger partial charge in [0.05, 0.1) is 0 Å². The smallest absolute Gasteiger partial charge is 0.125 e. The van der Waals surface area contributed by atoms with Crippen molar-refractivity contribution in [3.63, 3.8) is 0 Å². The molecule has 0 aliphatic carbocycles. The van der Waals surface area contributed by atoms with Crippen molar-refractivity contribution in [2.24, 2.45) is 0 Å².